The van der Waals surface area contributed by atoms with Crippen molar-refractivity contribution in [3.63, 3.8) is 0 Å². The fourth-order valence-electron chi connectivity index (χ4n) is 3.20. The minimum Gasteiger partial charge on any atom is -0.496 e. The second-order valence-corrected chi connectivity index (χ2v) is 5.35. The quantitative estimate of drug-likeness (QED) is 0.904. The maximum absolute atomic E-state index is 12.0. The van der Waals surface area contributed by atoms with E-state index in [2.05, 4.69) is 0 Å². The van der Waals surface area contributed by atoms with E-state index < -0.39 is 11.4 Å². The van der Waals surface area contributed by atoms with Crippen LogP contribution in [0.4, 0.5) is 0 Å². The standard InChI is InChI=1S/C16H22O5/c1-19-11-9-12(20-2)14(13(10-11)21-3)16(15(17)18)7-5-4-6-8-16/h9-10H,4-8H2,1-3H3,(H,17,18). The zero-order valence-electron chi connectivity index (χ0n) is 12.8. The van der Waals surface area contributed by atoms with E-state index in [1.54, 1.807) is 19.2 Å². The Bertz CT molecular complexity index is 492. The minimum atomic E-state index is -0.943. The Kier molecular flexibility index (Phi) is 4.60. The van der Waals surface area contributed by atoms with Gasteiger partial charge >= 0.3 is 5.97 Å². The summed E-state index contributed by atoms with van der Waals surface area (Å²) in [5, 5.41) is 9.87. The SMILES string of the molecule is COc1cc(OC)c(C2(C(=O)O)CCCCC2)c(OC)c1. The van der Waals surface area contributed by atoms with Crippen LogP contribution >= 0.6 is 0 Å². The summed E-state index contributed by atoms with van der Waals surface area (Å²) < 4.78 is 16.1. The number of hydrogen-bond donors (Lipinski definition) is 1. The molecule has 0 aliphatic heterocycles. The number of ether oxygens (including phenoxy) is 3. The van der Waals surface area contributed by atoms with Gasteiger partial charge in [0.25, 0.3) is 0 Å². The fraction of sp³-hybridized carbons (Fsp3) is 0.562. The molecule has 1 N–H and O–H groups in total. The molecule has 0 atom stereocenters. The number of rotatable bonds is 5. The first-order chi connectivity index (χ1) is 10.1. The van der Waals surface area contributed by atoms with Gasteiger partial charge in [-0.2, -0.15) is 0 Å². The van der Waals surface area contributed by atoms with Crippen molar-refractivity contribution in [2.45, 2.75) is 37.5 Å². The van der Waals surface area contributed by atoms with Crippen molar-refractivity contribution in [2.75, 3.05) is 21.3 Å². The number of hydrogen-bond acceptors (Lipinski definition) is 4. The number of carboxylic acid groups (broad SMARTS) is 1. The highest BCUT2D eigenvalue weighted by Gasteiger charge is 2.45. The molecule has 1 aliphatic rings. The summed E-state index contributed by atoms with van der Waals surface area (Å²) in [5.74, 6) is 0.791. The van der Waals surface area contributed by atoms with Gasteiger partial charge in [-0.15, -0.1) is 0 Å². The first kappa shape index (κ1) is 15.5. The lowest BCUT2D eigenvalue weighted by Crippen LogP contribution is -2.38. The van der Waals surface area contributed by atoms with Gasteiger partial charge in [-0.25, -0.2) is 0 Å². The van der Waals surface area contributed by atoms with Crippen LogP contribution in [0.25, 0.3) is 0 Å². The van der Waals surface area contributed by atoms with Crippen molar-refractivity contribution in [1.29, 1.82) is 0 Å². The molecule has 1 fully saturated rings. The molecular formula is C16H22O5. The van der Waals surface area contributed by atoms with Gasteiger partial charge in [-0.05, 0) is 12.8 Å². The summed E-state index contributed by atoms with van der Waals surface area (Å²) in [7, 11) is 4.63. The van der Waals surface area contributed by atoms with E-state index in [1.807, 2.05) is 0 Å². The van der Waals surface area contributed by atoms with E-state index in [4.69, 9.17) is 14.2 Å². The molecule has 0 heterocycles. The van der Waals surface area contributed by atoms with Crippen molar-refractivity contribution in [1.82, 2.24) is 0 Å². The van der Waals surface area contributed by atoms with E-state index in [0.717, 1.165) is 19.3 Å². The van der Waals surface area contributed by atoms with Crippen molar-refractivity contribution in [3.05, 3.63) is 17.7 Å². The summed E-state index contributed by atoms with van der Waals surface area (Å²) in [6.45, 7) is 0. The van der Waals surface area contributed by atoms with Gasteiger partial charge in [0.15, 0.2) is 0 Å². The third-order valence-electron chi connectivity index (χ3n) is 4.31. The highest BCUT2D eigenvalue weighted by Crippen LogP contribution is 2.49. The summed E-state index contributed by atoms with van der Waals surface area (Å²) >= 11 is 0. The second-order valence-electron chi connectivity index (χ2n) is 5.35. The Hall–Kier alpha value is -1.91. The molecule has 2 rings (SSSR count). The van der Waals surface area contributed by atoms with E-state index >= 15 is 0 Å². The second kappa shape index (κ2) is 6.24. The lowest BCUT2D eigenvalue weighted by atomic mass is 9.68. The van der Waals surface area contributed by atoms with Gasteiger partial charge < -0.3 is 19.3 Å². The Balaban J connectivity index is 2.66. The van der Waals surface area contributed by atoms with Crippen molar-refractivity contribution >= 4 is 5.97 Å². The Morgan fingerprint density at radius 1 is 1.00 bits per heavy atom. The average Bonchev–Trinajstić information content (AvgIpc) is 2.53. The molecule has 0 spiro atoms. The monoisotopic (exact) mass is 294 g/mol. The highest BCUT2D eigenvalue weighted by molar-refractivity contribution is 5.84. The first-order valence-electron chi connectivity index (χ1n) is 7.13. The van der Waals surface area contributed by atoms with E-state index in [1.165, 1.54) is 14.2 Å². The minimum absolute atomic E-state index is 0.510. The topological polar surface area (TPSA) is 65.0 Å². The third-order valence-corrected chi connectivity index (χ3v) is 4.31. The average molecular weight is 294 g/mol. The lowest BCUT2D eigenvalue weighted by molar-refractivity contribution is -0.145. The predicted octanol–water partition coefficient (Wildman–Crippen LogP) is 3.00. The van der Waals surface area contributed by atoms with Gasteiger partial charge in [-0.3, -0.25) is 4.79 Å². The highest BCUT2D eigenvalue weighted by atomic mass is 16.5. The van der Waals surface area contributed by atoms with E-state index in [9.17, 15) is 9.90 Å². The van der Waals surface area contributed by atoms with Crippen molar-refractivity contribution in [2.24, 2.45) is 0 Å². The molecule has 0 bridgehead atoms. The molecule has 21 heavy (non-hydrogen) atoms. The maximum atomic E-state index is 12.0. The Morgan fingerprint density at radius 2 is 1.52 bits per heavy atom. The van der Waals surface area contributed by atoms with Crippen LogP contribution in [0, 0.1) is 0 Å². The van der Waals surface area contributed by atoms with Crippen LogP contribution in [-0.2, 0) is 10.2 Å². The van der Waals surface area contributed by atoms with Crippen molar-refractivity contribution in [3.8, 4) is 17.2 Å². The molecule has 0 aromatic heterocycles. The summed E-state index contributed by atoms with van der Waals surface area (Å²) in [6, 6.07) is 3.44. The van der Waals surface area contributed by atoms with Crippen LogP contribution in [0.3, 0.4) is 0 Å². The smallest absolute Gasteiger partial charge is 0.314 e. The maximum Gasteiger partial charge on any atom is 0.314 e. The Labute approximate surface area is 124 Å². The van der Waals surface area contributed by atoms with Crippen LogP contribution in [0.2, 0.25) is 0 Å². The summed E-state index contributed by atoms with van der Waals surface area (Å²) in [5.41, 5.74) is -0.318. The van der Waals surface area contributed by atoms with E-state index in [-0.39, 0.29) is 0 Å². The molecule has 5 heteroatoms. The molecule has 116 valence electrons. The number of methoxy groups -OCH3 is 3. The number of carboxylic acids is 1. The molecule has 0 amide bonds. The fourth-order valence-corrected chi connectivity index (χ4v) is 3.20. The summed E-state index contributed by atoms with van der Waals surface area (Å²) in [6.07, 6.45) is 4.05. The van der Waals surface area contributed by atoms with Crippen LogP contribution in [0.5, 0.6) is 17.2 Å². The van der Waals surface area contributed by atoms with Crippen LogP contribution in [0.1, 0.15) is 37.7 Å². The first-order valence-corrected chi connectivity index (χ1v) is 7.13. The molecule has 5 nitrogen and oxygen atoms in total. The summed E-state index contributed by atoms with van der Waals surface area (Å²) in [4.78, 5) is 12.0. The van der Waals surface area contributed by atoms with Gasteiger partial charge in [-0.1, -0.05) is 19.3 Å². The number of benzene rings is 1. The molecular weight excluding hydrogens is 272 g/mol. The third kappa shape index (κ3) is 2.64. The predicted molar refractivity (Wildman–Crippen MR) is 78.5 cm³/mol. The van der Waals surface area contributed by atoms with Crippen molar-refractivity contribution < 1.29 is 24.1 Å². The molecule has 1 saturated carbocycles. The zero-order chi connectivity index (χ0) is 15.5. The molecule has 1 aliphatic carbocycles. The largest absolute Gasteiger partial charge is 0.496 e. The molecule has 1 aromatic carbocycles. The van der Waals surface area contributed by atoms with Crippen LogP contribution in [-0.4, -0.2) is 32.4 Å². The van der Waals surface area contributed by atoms with Crippen LogP contribution in [0.15, 0.2) is 12.1 Å². The molecule has 1 aromatic rings. The molecule has 0 saturated heterocycles. The zero-order valence-corrected chi connectivity index (χ0v) is 12.8. The van der Waals surface area contributed by atoms with Gasteiger partial charge in [0.05, 0.1) is 32.3 Å². The normalized spacial score (nSPS) is 17.1. The number of carbonyl (C=O) groups is 1. The van der Waals surface area contributed by atoms with E-state index in [0.29, 0.717) is 35.7 Å². The van der Waals surface area contributed by atoms with Gasteiger partial charge in [0.1, 0.15) is 17.2 Å². The van der Waals surface area contributed by atoms with Crippen LogP contribution < -0.4 is 14.2 Å². The van der Waals surface area contributed by atoms with Gasteiger partial charge in [0, 0.05) is 12.1 Å². The van der Waals surface area contributed by atoms with Gasteiger partial charge in [0.2, 0.25) is 0 Å². The molecule has 0 unspecified atom stereocenters. The Morgan fingerprint density at radius 3 is 1.90 bits per heavy atom. The molecule has 0 radical (unpaired) electrons. The number of aliphatic carboxylic acids is 1. The lowest BCUT2D eigenvalue weighted by Gasteiger charge is -2.35.